The molecule has 101 heavy (non-hydrogen) atoms. The summed E-state index contributed by atoms with van der Waals surface area (Å²) in [6.07, 6.45) is 1.19. The molecule has 5 aliphatic heterocycles. The summed E-state index contributed by atoms with van der Waals surface area (Å²) in [6.45, 7) is 10.9. The summed E-state index contributed by atoms with van der Waals surface area (Å²) in [7, 11) is -4.89. The lowest BCUT2D eigenvalue weighted by atomic mass is 10.2. The molecule has 4 saturated heterocycles. The van der Waals surface area contributed by atoms with Gasteiger partial charge in [-0.05, 0) is 55.7 Å². The van der Waals surface area contributed by atoms with Gasteiger partial charge in [0.1, 0.15) is 18.2 Å². The van der Waals surface area contributed by atoms with Crippen LogP contribution < -0.4 is 44.1 Å². The van der Waals surface area contributed by atoms with Crippen LogP contribution in [0.5, 0.6) is 0 Å². The standard InChI is InChI=1S/2C16H16FN3O4.C12H10FN3O.C8H10FN3O4.C7H12O4.C2H3F3O3S/c2*1-2-13-23-9-12(24-13)20-8-11(17)14(19-16(20)22)18-15(21)10-6-4-3-5-7-10;1-8-14-7-10(13)11(15-8)16-12(17)9-5-3-2-4-6-9;9-4-1-12(8(14)11-7(4)10)5-3-15-6(2-13)16-5;1-3-6-9-4-7(11-6)10-5(2)8;1-8-9(6,7)2(3,4)5/h2*3-8,12-13H,2,9H2,1H3,(H,18,19,21,22);2-7,15H,1H2,(H,16,17);1,5-6,13H,2-3H2,(H2,10,11,14);6-7H,3-4H2,1-2H3;1H3/t12?,13-;12-,13-;;5-,6-;6-,7?;/m00.00./s1. The molecule has 4 fully saturated rings. The minimum Gasteiger partial charge on any atom is -0.433 e. The number of carbonyl (C=O) groups is 4. The lowest BCUT2D eigenvalue weighted by molar-refractivity contribution is -0.173. The van der Waals surface area contributed by atoms with Crippen LogP contribution in [0, 0.1) is 17.5 Å². The molecule has 0 radical (unpaired) electrons. The van der Waals surface area contributed by atoms with Crippen molar-refractivity contribution in [3.05, 3.63) is 199 Å². The normalized spacial score (nSPS) is 20.5. The average molecular weight is 1450 g/mol. The van der Waals surface area contributed by atoms with Crippen molar-refractivity contribution in [2.75, 3.05) is 56.5 Å². The number of carbonyl (C=O) groups excluding carboxylic acids is 4. The van der Waals surface area contributed by atoms with Gasteiger partial charge in [-0.3, -0.25) is 37.1 Å². The van der Waals surface area contributed by atoms with Gasteiger partial charge >= 0.3 is 38.7 Å². The number of rotatable bonds is 15. The number of halogens is 7. The van der Waals surface area contributed by atoms with Gasteiger partial charge in [-0.2, -0.15) is 36.5 Å². The Morgan fingerprint density at radius 3 is 1.35 bits per heavy atom. The second-order valence-electron chi connectivity index (χ2n) is 20.4. The van der Waals surface area contributed by atoms with E-state index in [0.717, 1.165) is 44.9 Å². The molecule has 8 heterocycles. The summed E-state index contributed by atoms with van der Waals surface area (Å²) in [6, 6.07) is 25.0. The topological polar surface area (TPSA) is 406 Å². The molecule has 11 rings (SSSR count). The quantitative estimate of drug-likeness (QED) is 0.0320. The van der Waals surface area contributed by atoms with E-state index in [2.05, 4.69) is 52.0 Å². The van der Waals surface area contributed by atoms with E-state index in [1.165, 1.54) is 6.92 Å². The zero-order valence-corrected chi connectivity index (χ0v) is 54.7. The molecule has 2 unspecified atom stereocenters. The third kappa shape index (κ3) is 23.8. The number of hydrogen-bond donors (Lipinski definition) is 6. The fourth-order valence-electron chi connectivity index (χ4n) is 8.26. The third-order valence-corrected chi connectivity index (χ3v) is 14.2. The summed E-state index contributed by atoms with van der Waals surface area (Å²) in [5.41, 5.74) is -1.25. The summed E-state index contributed by atoms with van der Waals surface area (Å²) in [4.78, 5) is 95.9. The molecule has 0 aliphatic carbocycles. The number of nitrogens with one attached hydrogen (secondary N) is 4. The van der Waals surface area contributed by atoms with Crippen LogP contribution in [0.2, 0.25) is 0 Å². The lowest BCUT2D eigenvalue weighted by Crippen LogP contribution is -2.33. The van der Waals surface area contributed by atoms with E-state index >= 15 is 0 Å². The predicted octanol–water partition coefficient (Wildman–Crippen LogP) is 5.50. The first-order valence-corrected chi connectivity index (χ1v) is 31.2. The number of ether oxygens (including phenoxy) is 9. The molecule has 3 aromatic carbocycles. The summed E-state index contributed by atoms with van der Waals surface area (Å²) in [5.74, 6) is -6.01. The molecule has 32 nitrogen and oxygen atoms in total. The smallest absolute Gasteiger partial charge is 0.433 e. The van der Waals surface area contributed by atoms with Crippen molar-refractivity contribution in [1.82, 2.24) is 39.3 Å². The Labute approximate surface area is 568 Å². The number of nitrogens with zero attached hydrogens (tertiary/aromatic N) is 7. The molecule has 6 aromatic rings. The van der Waals surface area contributed by atoms with Crippen molar-refractivity contribution in [2.45, 2.75) is 103 Å². The van der Waals surface area contributed by atoms with E-state index < -0.39 is 135 Å². The molecule has 3 aromatic heterocycles. The largest absolute Gasteiger partial charge is 0.523 e. The minimum absolute atomic E-state index is 0.0379. The van der Waals surface area contributed by atoms with E-state index in [9.17, 15) is 72.7 Å². The number of anilines is 3. The number of esters is 1. The van der Waals surface area contributed by atoms with Crippen molar-refractivity contribution in [3.63, 3.8) is 0 Å². The van der Waals surface area contributed by atoms with E-state index in [0.29, 0.717) is 43.2 Å². The van der Waals surface area contributed by atoms with Crippen molar-refractivity contribution in [2.24, 2.45) is 4.99 Å². The summed E-state index contributed by atoms with van der Waals surface area (Å²) >= 11 is 0. The number of benzene rings is 3. The molecule has 7 N–H and O–H groups in total. The highest BCUT2D eigenvalue weighted by Gasteiger charge is 2.46. The Morgan fingerprint density at radius 1 is 0.614 bits per heavy atom. The van der Waals surface area contributed by atoms with Gasteiger partial charge in [0.05, 0.1) is 58.3 Å². The molecular weight excluding hydrogens is 1390 g/mol. The molecule has 0 bridgehead atoms. The minimum atomic E-state index is -5.34. The first-order chi connectivity index (χ1) is 48.0. The maximum Gasteiger partial charge on any atom is 0.523 e. The Hall–Kier alpha value is -10.0. The number of allylic oxidation sites excluding steroid dienone is 1. The number of aliphatic imine (C=N–C) groups is 1. The Bertz CT molecular complexity index is 4050. The maximum absolute atomic E-state index is 14.2. The van der Waals surface area contributed by atoms with E-state index in [1.54, 1.807) is 91.0 Å². The number of amides is 3. The monoisotopic (exact) mass is 1450 g/mol. The predicted molar refractivity (Wildman–Crippen MR) is 337 cm³/mol. The van der Waals surface area contributed by atoms with Gasteiger partial charge in [0, 0.05) is 23.6 Å². The van der Waals surface area contributed by atoms with Gasteiger partial charge in [-0.15, -0.1) is 0 Å². The Kier molecular flexibility index (Phi) is 30.1. The zero-order chi connectivity index (χ0) is 74.1. The number of aromatic nitrogens is 6. The van der Waals surface area contributed by atoms with Crippen LogP contribution in [0.3, 0.4) is 0 Å². The van der Waals surface area contributed by atoms with Crippen molar-refractivity contribution in [1.29, 1.82) is 0 Å². The fourth-order valence-corrected chi connectivity index (χ4v) is 8.45. The van der Waals surface area contributed by atoms with Gasteiger partial charge in [0.15, 0.2) is 84.6 Å². The average Bonchev–Trinajstić information content (AvgIpc) is 1.76. The number of nitrogens with two attached hydrogens (primary N) is 1. The van der Waals surface area contributed by atoms with Crippen molar-refractivity contribution >= 4 is 57.5 Å². The van der Waals surface area contributed by atoms with Gasteiger partial charge in [-0.1, -0.05) is 81.9 Å². The molecule has 0 saturated carbocycles. The van der Waals surface area contributed by atoms with Crippen LogP contribution in [-0.2, 0) is 61.7 Å². The lowest BCUT2D eigenvalue weighted by Gasteiger charge is -2.15. The Balaban J connectivity index is 0.000000197. The molecular formula is C61H67F7N12O20S. The van der Waals surface area contributed by atoms with Gasteiger partial charge < -0.3 is 74.7 Å². The molecule has 8 atom stereocenters. The van der Waals surface area contributed by atoms with Crippen LogP contribution in [0.15, 0.2) is 153 Å². The first-order valence-electron chi connectivity index (χ1n) is 29.8. The van der Waals surface area contributed by atoms with Crippen molar-refractivity contribution < 1.29 is 110 Å². The number of aliphatic hydroxyl groups is 1. The summed E-state index contributed by atoms with van der Waals surface area (Å²) in [5, 5.41) is 18.3. The maximum atomic E-state index is 14.2. The zero-order valence-electron chi connectivity index (χ0n) is 53.9. The van der Waals surface area contributed by atoms with Crippen molar-refractivity contribution in [3.8, 4) is 0 Å². The second kappa shape index (κ2) is 38.0. The number of hydrogen-bond acceptors (Lipinski definition) is 26. The molecule has 5 aliphatic rings. The SMILES string of the molecule is C=C1N=CC(F)=C(NC(=O)c2ccccc2)N1.CC[C@H]1OCC(OC(C)=O)O1.CC[C@H]1OCC(n2cc(F)c(NC(=O)c3ccccc3)nc2=O)O1.CC[C@H]1OC[C@@H](n2cc(F)c(NC(=O)c3ccccc3)nc2=O)O1.COS(=O)(=O)C(F)(F)F.Nc1nc(=O)n([C@@H]2CO[C@H](CO)O2)cc1F. The van der Waals surface area contributed by atoms with Gasteiger partial charge in [-0.25, -0.2) is 36.9 Å². The highest BCUT2D eigenvalue weighted by atomic mass is 32.2. The highest BCUT2D eigenvalue weighted by molar-refractivity contribution is 7.87. The van der Waals surface area contributed by atoms with Crippen LogP contribution in [0.1, 0.15) is 96.7 Å². The molecule has 3 amide bonds. The third-order valence-electron chi connectivity index (χ3n) is 13.2. The number of nitrogen functional groups attached to an aromatic ring is 1. The van der Waals surface area contributed by atoms with Gasteiger partial charge in [0.2, 0.25) is 6.29 Å². The first kappa shape index (κ1) is 80.0. The van der Waals surface area contributed by atoms with Crippen LogP contribution in [0.25, 0.3) is 0 Å². The number of aliphatic hydroxyl groups excluding tert-OH is 1. The number of alkyl halides is 3. The fraction of sp³-hybridized carbons (Fsp3) is 0.361. The van der Waals surface area contributed by atoms with Gasteiger partial charge in [0.25, 0.3) is 17.7 Å². The highest BCUT2D eigenvalue weighted by Crippen LogP contribution is 2.26. The van der Waals surface area contributed by atoms with E-state index in [1.807, 2.05) is 20.8 Å². The van der Waals surface area contributed by atoms with E-state index in [-0.39, 0.29) is 50.3 Å². The van der Waals surface area contributed by atoms with E-state index in [4.69, 9.17) is 53.5 Å². The van der Waals surface area contributed by atoms with Crippen LogP contribution in [-0.4, -0.2) is 149 Å². The molecule has 0 spiro atoms. The molecule has 40 heteroatoms. The van der Waals surface area contributed by atoms with Crippen LogP contribution in [0.4, 0.5) is 48.2 Å². The molecule has 546 valence electrons. The second-order valence-corrected chi connectivity index (χ2v) is 22.1. The van der Waals surface area contributed by atoms with Crippen LogP contribution >= 0.6 is 0 Å². The Morgan fingerprint density at radius 2 is 0.990 bits per heavy atom. The summed E-state index contributed by atoms with van der Waals surface area (Å²) < 4.78 is 160.